The molecule has 9 heteroatoms. The zero-order chi connectivity index (χ0) is 26.6. The van der Waals surface area contributed by atoms with Gasteiger partial charge in [-0.15, -0.1) is 8.78 Å². The zero-order valence-electron chi connectivity index (χ0n) is 21.3. The highest BCUT2D eigenvalue weighted by atomic mass is 19.3. The summed E-state index contributed by atoms with van der Waals surface area (Å²) in [6.45, 7) is 6.80. The van der Waals surface area contributed by atoms with E-state index in [4.69, 9.17) is 0 Å². The number of alkyl halides is 2. The number of amides is 1. The van der Waals surface area contributed by atoms with Gasteiger partial charge < -0.3 is 29.5 Å². The van der Waals surface area contributed by atoms with Crippen molar-refractivity contribution >= 4 is 28.7 Å². The maximum Gasteiger partial charge on any atom is 0.586 e. The number of aliphatic imine (C=N–C) groups is 1. The molecule has 37 heavy (non-hydrogen) atoms. The number of anilines is 1. The second-order valence-electron chi connectivity index (χ2n) is 10.9. The number of rotatable bonds is 7. The number of halogens is 2. The lowest BCUT2D eigenvalue weighted by molar-refractivity contribution is -0.286. The lowest BCUT2D eigenvalue weighted by Gasteiger charge is -2.23. The molecule has 0 saturated heterocycles. The number of aliphatic hydroxyl groups is 1. The molecule has 5 rings (SSSR count). The van der Waals surface area contributed by atoms with Crippen LogP contribution in [0.4, 0.5) is 14.5 Å². The number of benzene rings is 2. The summed E-state index contributed by atoms with van der Waals surface area (Å²) < 4.78 is 38.1. The Labute approximate surface area is 214 Å². The molecule has 1 atom stereocenters. The van der Waals surface area contributed by atoms with E-state index in [0.717, 1.165) is 16.6 Å². The molecule has 1 fully saturated rings. The molecule has 1 saturated carbocycles. The molecule has 3 aromatic rings. The van der Waals surface area contributed by atoms with E-state index in [-0.39, 0.29) is 22.8 Å². The predicted octanol–water partition coefficient (Wildman–Crippen LogP) is 5.38. The Kier molecular flexibility index (Phi) is 6.02. The molecule has 2 N–H and O–H groups in total. The second kappa shape index (κ2) is 8.83. The van der Waals surface area contributed by atoms with Crippen molar-refractivity contribution in [3.05, 3.63) is 53.7 Å². The lowest BCUT2D eigenvalue weighted by Crippen LogP contribution is -2.28. The third-order valence-corrected chi connectivity index (χ3v) is 7.02. The van der Waals surface area contributed by atoms with Gasteiger partial charge in [-0.1, -0.05) is 26.8 Å². The lowest BCUT2D eigenvalue weighted by atomic mass is 9.92. The van der Waals surface area contributed by atoms with Gasteiger partial charge in [-0.25, -0.2) is 0 Å². The van der Waals surface area contributed by atoms with Crippen LogP contribution in [0.3, 0.4) is 0 Å². The van der Waals surface area contributed by atoms with Crippen LogP contribution < -0.4 is 14.8 Å². The van der Waals surface area contributed by atoms with Crippen LogP contribution in [0.5, 0.6) is 11.5 Å². The molecule has 196 valence electrons. The molecule has 1 aliphatic carbocycles. The third-order valence-electron chi connectivity index (χ3n) is 7.02. The monoisotopic (exact) mass is 511 g/mol. The number of nitrogens with one attached hydrogen (secondary N) is 1. The van der Waals surface area contributed by atoms with Gasteiger partial charge in [0.05, 0.1) is 11.5 Å². The summed E-state index contributed by atoms with van der Waals surface area (Å²) in [6.07, 6.45) is -0.872. The fourth-order valence-corrected chi connectivity index (χ4v) is 4.95. The quantitative estimate of drug-likeness (QED) is 0.417. The van der Waals surface area contributed by atoms with Crippen molar-refractivity contribution in [2.24, 2.45) is 4.99 Å². The van der Waals surface area contributed by atoms with Crippen LogP contribution in [-0.4, -0.2) is 41.2 Å². The van der Waals surface area contributed by atoms with E-state index in [0.29, 0.717) is 37.1 Å². The van der Waals surface area contributed by atoms with E-state index < -0.39 is 17.8 Å². The Bertz CT molecular complexity index is 1390. The molecule has 1 amide bonds. The molecule has 1 unspecified atom stereocenters. The zero-order valence-corrected chi connectivity index (χ0v) is 21.3. The molecule has 2 heterocycles. The number of aromatic nitrogens is 1. The van der Waals surface area contributed by atoms with Crippen molar-refractivity contribution in [3.8, 4) is 11.5 Å². The molecule has 0 bridgehead atoms. The first kappa shape index (κ1) is 25.2. The SMILES string of the molecule is CN=CCC(O)Cn1c(C(C)(C)C)cc2cc(NC(=O)C3(c4ccc5c(c4)OC(F)(F)O5)CC3)ccc21. The van der Waals surface area contributed by atoms with E-state index >= 15 is 0 Å². The van der Waals surface area contributed by atoms with Crippen molar-refractivity contribution in [1.29, 1.82) is 0 Å². The number of fused-ring (bicyclic) bond motifs is 2. The summed E-state index contributed by atoms with van der Waals surface area (Å²) in [7, 11) is 1.69. The van der Waals surface area contributed by atoms with Crippen molar-refractivity contribution in [1.82, 2.24) is 4.57 Å². The Morgan fingerprint density at radius 3 is 2.57 bits per heavy atom. The van der Waals surface area contributed by atoms with Crippen LogP contribution in [0, 0.1) is 0 Å². The van der Waals surface area contributed by atoms with Gasteiger partial charge in [0.15, 0.2) is 11.5 Å². The maximum absolute atomic E-state index is 13.4. The van der Waals surface area contributed by atoms with E-state index in [1.807, 2.05) is 18.2 Å². The van der Waals surface area contributed by atoms with Gasteiger partial charge in [-0.2, -0.15) is 0 Å². The van der Waals surface area contributed by atoms with Crippen molar-refractivity contribution in [2.75, 3.05) is 12.4 Å². The van der Waals surface area contributed by atoms with Gasteiger partial charge >= 0.3 is 6.29 Å². The van der Waals surface area contributed by atoms with Gasteiger partial charge in [0.1, 0.15) is 0 Å². The number of hydrogen-bond acceptors (Lipinski definition) is 5. The van der Waals surface area contributed by atoms with Gasteiger partial charge in [-0.05, 0) is 54.8 Å². The summed E-state index contributed by atoms with van der Waals surface area (Å²) in [6, 6.07) is 12.3. The average Bonchev–Trinajstić information content (AvgIpc) is 3.46. The molecule has 0 radical (unpaired) electrons. The van der Waals surface area contributed by atoms with Crippen molar-refractivity contribution < 1.29 is 28.2 Å². The van der Waals surface area contributed by atoms with Crippen LogP contribution in [0.1, 0.15) is 51.3 Å². The summed E-state index contributed by atoms with van der Waals surface area (Å²) in [4.78, 5) is 17.3. The summed E-state index contributed by atoms with van der Waals surface area (Å²) in [5.74, 6) is -0.296. The molecule has 2 aliphatic rings. The van der Waals surface area contributed by atoms with Gasteiger partial charge in [0, 0.05) is 53.9 Å². The van der Waals surface area contributed by atoms with Gasteiger partial charge in [-0.3, -0.25) is 4.79 Å². The van der Waals surface area contributed by atoms with E-state index in [1.54, 1.807) is 19.3 Å². The summed E-state index contributed by atoms with van der Waals surface area (Å²) in [5, 5.41) is 14.5. The maximum atomic E-state index is 13.4. The molecule has 2 aromatic carbocycles. The first-order chi connectivity index (χ1) is 17.4. The number of hydrogen-bond donors (Lipinski definition) is 2. The smallest absolute Gasteiger partial charge is 0.395 e. The molecule has 0 spiro atoms. The predicted molar refractivity (Wildman–Crippen MR) is 138 cm³/mol. The van der Waals surface area contributed by atoms with Gasteiger partial charge in [0.2, 0.25) is 5.91 Å². The number of carbonyl (C=O) groups is 1. The highest BCUT2D eigenvalue weighted by molar-refractivity contribution is 6.02. The largest absolute Gasteiger partial charge is 0.586 e. The van der Waals surface area contributed by atoms with Crippen molar-refractivity contribution in [3.63, 3.8) is 0 Å². The van der Waals surface area contributed by atoms with Crippen LogP contribution >= 0.6 is 0 Å². The first-order valence-corrected chi connectivity index (χ1v) is 12.4. The third kappa shape index (κ3) is 4.80. The minimum atomic E-state index is -3.70. The van der Waals surface area contributed by atoms with Gasteiger partial charge in [0.25, 0.3) is 0 Å². The van der Waals surface area contributed by atoms with Crippen molar-refractivity contribution in [2.45, 2.75) is 69.8 Å². The molecular formula is C28H31F2N3O4. The normalized spacial score (nSPS) is 18.4. The number of aliphatic hydroxyl groups excluding tert-OH is 1. The van der Waals surface area contributed by atoms with Crippen LogP contribution in [0.25, 0.3) is 10.9 Å². The topological polar surface area (TPSA) is 85.1 Å². The Morgan fingerprint density at radius 1 is 1.16 bits per heavy atom. The Hall–Kier alpha value is -3.46. The standard InChI is InChI=1S/C28H31F2N3O4/c1-26(2,3)24-14-17-13-19(6-7-21(17)33(24)16-20(34)9-12-31-4)32-25(35)27(10-11-27)18-5-8-22-23(15-18)37-28(29,30)36-22/h5-8,12-15,20,34H,9-11,16H2,1-4H3,(H,32,35). The average molecular weight is 512 g/mol. The fraction of sp³-hybridized carbons (Fsp3) is 0.429. The molecule has 1 aromatic heterocycles. The van der Waals surface area contributed by atoms with Crippen LogP contribution in [0.15, 0.2) is 47.5 Å². The Balaban J connectivity index is 1.40. The number of ether oxygens (including phenoxy) is 2. The van der Waals surface area contributed by atoms with E-state index in [1.165, 1.54) is 12.1 Å². The molecule has 7 nitrogen and oxygen atoms in total. The Morgan fingerprint density at radius 2 is 1.89 bits per heavy atom. The molecule has 1 aliphatic heterocycles. The number of carbonyl (C=O) groups excluding carboxylic acids is 1. The number of nitrogens with zero attached hydrogens (tertiary/aromatic N) is 2. The highest BCUT2D eigenvalue weighted by Gasteiger charge is 2.52. The highest BCUT2D eigenvalue weighted by Crippen LogP contribution is 2.52. The fourth-order valence-electron chi connectivity index (χ4n) is 4.95. The first-order valence-electron chi connectivity index (χ1n) is 12.4. The van der Waals surface area contributed by atoms with Crippen LogP contribution in [0.2, 0.25) is 0 Å². The second-order valence-corrected chi connectivity index (χ2v) is 10.9. The van der Waals surface area contributed by atoms with E-state index in [9.17, 15) is 18.7 Å². The molecular weight excluding hydrogens is 480 g/mol. The minimum absolute atomic E-state index is 0.0401. The summed E-state index contributed by atoms with van der Waals surface area (Å²) >= 11 is 0. The summed E-state index contributed by atoms with van der Waals surface area (Å²) in [5.41, 5.74) is 2.36. The van der Waals surface area contributed by atoms with Crippen LogP contribution in [-0.2, 0) is 22.2 Å². The minimum Gasteiger partial charge on any atom is -0.395 e. The van der Waals surface area contributed by atoms with E-state index in [2.05, 4.69) is 51.2 Å².